The van der Waals surface area contributed by atoms with E-state index in [-0.39, 0.29) is 24.1 Å². The molecule has 0 fully saturated rings. The number of ether oxygens (including phenoxy) is 1. The minimum Gasteiger partial charge on any atom is -0.462 e. The predicted molar refractivity (Wildman–Crippen MR) is 79.9 cm³/mol. The summed E-state index contributed by atoms with van der Waals surface area (Å²) in [7, 11) is 0. The molecule has 0 aromatic rings. The Hall–Kier alpha value is -1.53. The monoisotopic (exact) mass is 276 g/mol. The van der Waals surface area contributed by atoms with Crippen molar-refractivity contribution in [2.45, 2.75) is 53.6 Å². The van der Waals surface area contributed by atoms with E-state index in [4.69, 9.17) is 9.84 Å². The maximum absolute atomic E-state index is 11.1. The van der Waals surface area contributed by atoms with Crippen molar-refractivity contribution in [1.29, 1.82) is 0 Å². The van der Waals surface area contributed by atoms with Gasteiger partial charge in [0.15, 0.2) is 0 Å². The molecule has 3 heteroatoms. The van der Waals surface area contributed by atoms with Crippen LogP contribution in [0.3, 0.4) is 0 Å². The lowest BCUT2D eigenvalue weighted by atomic mass is 9.72. The SMILES string of the molecule is CC(=O)O[C@@H]1CC(C)=C(C#CC(C)=CCO)C(C)(C)C1. The maximum atomic E-state index is 11.1. The zero-order valence-electron chi connectivity index (χ0n) is 13.0. The average Bonchev–Trinajstić information content (AvgIpc) is 2.25. The number of allylic oxidation sites excluding steroid dienone is 2. The fourth-order valence-electron chi connectivity index (χ4n) is 2.71. The van der Waals surface area contributed by atoms with E-state index in [1.54, 1.807) is 6.08 Å². The van der Waals surface area contributed by atoms with E-state index >= 15 is 0 Å². The number of aliphatic hydroxyl groups excluding tert-OH is 1. The summed E-state index contributed by atoms with van der Waals surface area (Å²) in [6, 6.07) is 0. The van der Waals surface area contributed by atoms with Gasteiger partial charge in [0.05, 0.1) is 6.61 Å². The van der Waals surface area contributed by atoms with Crippen LogP contribution in [0.5, 0.6) is 0 Å². The summed E-state index contributed by atoms with van der Waals surface area (Å²) in [5, 5.41) is 8.84. The van der Waals surface area contributed by atoms with Crippen LogP contribution in [-0.2, 0) is 9.53 Å². The van der Waals surface area contributed by atoms with Gasteiger partial charge in [-0.25, -0.2) is 0 Å². The number of hydrogen-bond donors (Lipinski definition) is 1. The third kappa shape index (κ3) is 4.54. The average molecular weight is 276 g/mol. The largest absolute Gasteiger partial charge is 0.462 e. The Kier molecular flexibility index (Phi) is 5.59. The Morgan fingerprint density at radius 3 is 2.65 bits per heavy atom. The lowest BCUT2D eigenvalue weighted by Gasteiger charge is -2.36. The molecule has 0 heterocycles. The molecule has 0 bridgehead atoms. The zero-order valence-corrected chi connectivity index (χ0v) is 13.0. The molecule has 0 aliphatic heterocycles. The van der Waals surface area contributed by atoms with Gasteiger partial charge in [0.2, 0.25) is 0 Å². The van der Waals surface area contributed by atoms with Crippen molar-refractivity contribution in [3.05, 3.63) is 22.8 Å². The molecular formula is C17H24O3. The Morgan fingerprint density at radius 1 is 1.50 bits per heavy atom. The van der Waals surface area contributed by atoms with Crippen molar-refractivity contribution in [3.8, 4) is 11.8 Å². The van der Waals surface area contributed by atoms with E-state index in [1.807, 2.05) is 13.8 Å². The lowest BCUT2D eigenvalue weighted by Crippen LogP contribution is -2.31. The summed E-state index contributed by atoms with van der Waals surface area (Å²) in [5.41, 5.74) is 3.06. The summed E-state index contributed by atoms with van der Waals surface area (Å²) >= 11 is 0. The summed E-state index contributed by atoms with van der Waals surface area (Å²) in [4.78, 5) is 11.1. The van der Waals surface area contributed by atoms with E-state index in [0.717, 1.165) is 24.0 Å². The molecule has 0 aromatic heterocycles. The minimum absolute atomic E-state index is 0.0104. The van der Waals surface area contributed by atoms with Crippen LogP contribution in [0.2, 0.25) is 0 Å². The van der Waals surface area contributed by atoms with Gasteiger partial charge in [0, 0.05) is 24.3 Å². The summed E-state index contributed by atoms with van der Waals surface area (Å²) < 4.78 is 5.34. The summed E-state index contributed by atoms with van der Waals surface area (Å²) in [5.74, 6) is 6.08. The van der Waals surface area contributed by atoms with Gasteiger partial charge in [-0.3, -0.25) is 4.79 Å². The second kappa shape index (κ2) is 6.76. The second-order valence-electron chi connectivity index (χ2n) is 6.00. The molecule has 1 rings (SSSR count). The molecule has 110 valence electrons. The van der Waals surface area contributed by atoms with Crippen LogP contribution in [-0.4, -0.2) is 23.8 Å². The minimum atomic E-state index is -0.227. The van der Waals surface area contributed by atoms with E-state index < -0.39 is 0 Å². The van der Waals surface area contributed by atoms with Crippen molar-refractivity contribution < 1.29 is 14.6 Å². The third-order valence-electron chi connectivity index (χ3n) is 3.49. The van der Waals surface area contributed by atoms with Crippen LogP contribution in [0.15, 0.2) is 22.8 Å². The second-order valence-corrected chi connectivity index (χ2v) is 6.00. The van der Waals surface area contributed by atoms with Crippen molar-refractivity contribution in [1.82, 2.24) is 0 Å². The molecule has 0 saturated heterocycles. The molecule has 3 nitrogen and oxygen atoms in total. The predicted octanol–water partition coefficient (Wildman–Crippen LogP) is 3.00. The van der Waals surface area contributed by atoms with Crippen molar-refractivity contribution >= 4 is 5.97 Å². The van der Waals surface area contributed by atoms with E-state index in [0.29, 0.717) is 0 Å². The highest BCUT2D eigenvalue weighted by Crippen LogP contribution is 2.40. The molecule has 1 aliphatic rings. The molecule has 20 heavy (non-hydrogen) atoms. The lowest BCUT2D eigenvalue weighted by molar-refractivity contribution is -0.147. The molecule has 0 unspecified atom stereocenters. The molecule has 0 aromatic carbocycles. The number of esters is 1. The molecule has 1 atom stereocenters. The molecule has 0 spiro atoms. The summed E-state index contributed by atoms with van der Waals surface area (Å²) in [6.45, 7) is 9.65. The van der Waals surface area contributed by atoms with Gasteiger partial charge in [0.25, 0.3) is 0 Å². The smallest absolute Gasteiger partial charge is 0.302 e. The van der Waals surface area contributed by atoms with E-state index in [2.05, 4.69) is 25.7 Å². The molecule has 1 aliphatic carbocycles. The fourth-order valence-corrected chi connectivity index (χ4v) is 2.71. The normalized spacial score (nSPS) is 22.1. The Labute approximate surface area is 121 Å². The third-order valence-corrected chi connectivity index (χ3v) is 3.49. The van der Waals surface area contributed by atoms with Crippen LogP contribution in [0.25, 0.3) is 0 Å². The van der Waals surface area contributed by atoms with Gasteiger partial charge in [-0.05, 0) is 31.9 Å². The summed E-state index contributed by atoms with van der Waals surface area (Å²) in [6.07, 6.45) is 3.18. The topological polar surface area (TPSA) is 46.5 Å². The first kappa shape index (κ1) is 16.5. The number of aliphatic hydroxyl groups is 1. The number of carbonyl (C=O) groups is 1. The Balaban J connectivity index is 3.00. The highest BCUT2D eigenvalue weighted by molar-refractivity contribution is 5.66. The highest BCUT2D eigenvalue weighted by atomic mass is 16.5. The molecule has 0 amide bonds. The number of hydrogen-bond acceptors (Lipinski definition) is 3. The first-order valence-electron chi connectivity index (χ1n) is 6.93. The van der Waals surface area contributed by atoms with Crippen LogP contribution in [0.1, 0.15) is 47.5 Å². The first-order valence-corrected chi connectivity index (χ1v) is 6.93. The molecule has 0 saturated carbocycles. The van der Waals surface area contributed by atoms with Crippen LogP contribution in [0, 0.1) is 17.3 Å². The van der Waals surface area contributed by atoms with E-state index in [9.17, 15) is 4.79 Å². The molecule has 1 N–H and O–H groups in total. The fraction of sp³-hybridized carbons (Fsp3) is 0.588. The van der Waals surface area contributed by atoms with Gasteiger partial charge < -0.3 is 9.84 Å². The highest BCUT2D eigenvalue weighted by Gasteiger charge is 2.34. The zero-order chi connectivity index (χ0) is 15.3. The molecule has 0 radical (unpaired) electrons. The van der Waals surface area contributed by atoms with Crippen molar-refractivity contribution in [3.63, 3.8) is 0 Å². The van der Waals surface area contributed by atoms with Crippen LogP contribution < -0.4 is 0 Å². The Morgan fingerprint density at radius 2 is 2.15 bits per heavy atom. The van der Waals surface area contributed by atoms with Crippen molar-refractivity contribution in [2.75, 3.05) is 6.61 Å². The standard InChI is InChI=1S/C17H24O3/c1-12(8-9-18)6-7-16-13(2)10-15(20-14(3)19)11-17(16,4)5/h8,15,18H,9-11H2,1-5H3/t15-/m1/s1. The van der Waals surface area contributed by atoms with Gasteiger partial charge in [-0.2, -0.15) is 0 Å². The quantitative estimate of drug-likeness (QED) is 0.623. The maximum Gasteiger partial charge on any atom is 0.302 e. The van der Waals surface area contributed by atoms with Gasteiger partial charge in [-0.1, -0.05) is 31.3 Å². The Bertz CT molecular complexity index is 498. The van der Waals surface area contributed by atoms with Crippen molar-refractivity contribution in [2.24, 2.45) is 5.41 Å². The number of rotatable bonds is 2. The van der Waals surface area contributed by atoms with E-state index in [1.165, 1.54) is 12.5 Å². The first-order chi connectivity index (χ1) is 9.26. The van der Waals surface area contributed by atoms with Crippen LogP contribution in [0.4, 0.5) is 0 Å². The molecular weight excluding hydrogens is 252 g/mol. The van der Waals surface area contributed by atoms with Gasteiger partial charge in [0.1, 0.15) is 6.10 Å². The van der Waals surface area contributed by atoms with Crippen LogP contribution >= 0.6 is 0 Å². The van der Waals surface area contributed by atoms with Gasteiger partial charge >= 0.3 is 5.97 Å². The number of carbonyl (C=O) groups excluding carboxylic acids is 1. The van der Waals surface area contributed by atoms with Gasteiger partial charge in [-0.15, -0.1) is 0 Å².